The van der Waals surface area contributed by atoms with E-state index in [1.165, 1.54) is 0 Å². The van der Waals surface area contributed by atoms with E-state index >= 15 is 0 Å². The van der Waals surface area contributed by atoms with Crippen molar-refractivity contribution in [2.75, 3.05) is 0 Å². The van der Waals surface area contributed by atoms with Crippen LogP contribution in [0.3, 0.4) is 0 Å². The Labute approximate surface area is 110 Å². The smallest absolute Gasteiger partial charge is 0.113 e. The van der Waals surface area contributed by atoms with Crippen molar-refractivity contribution in [1.82, 2.24) is 0 Å². The molecule has 3 rings (SSSR count). The largest absolute Gasteiger partial charge is 0.390 e. The number of ether oxygens (including phenoxy) is 2. The maximum absolute atomic E-state index is 10.6. The van der Waals surface area contributed by atoms with Crippen LogP contribution in [0.15, 0.2) is 0 Å². The van der Waals surface area contributed by atoms with Crippen LogP contribution in [0, 0.1) is 11.8 Å². The highest BCUT2D eigenvalue weighted by atomic mass is 16.6. The van der Waals surface area contributed by atoms with Crippen LogP contribution < -0.4 is 0 Å². The lowest BCUT2D eigenvalue weighted by molar-refractivity contribution is 0.0461. The zero-order chi connectivity index (χ0) is 13.1. The molecule has 2 heterocycles. The van der Waals surface area contributed by atoms with E-state index in [1.807, 2.05) is 0 Å². The molecule has 2 aliphatic heterocycles. The maximum Gasteiger partial charge on any atom is 0.113 e. The van der Waals surface area contributed by atoms with E-state index in [2.05, 4.69) is 27.7 Å². The van der Waals surface area contributed by atoms with Gasteiger partial charge in [0.25, 0.3) is 0 Å². The highest BCUT2D eigenvalue weighted by molar-refractivity contribution is 5.09. The fourth-order valence-electron chi connectivity index (χ4n) is 3.76. The Balaban J connectivity index is 1.77. The molecular weight excluding hydrogens is 228 g/mol. The van der Waals surface area contributed by atoms with E-state index < -0.39 is 0 Å². The highest BCUT2D eigenvalue weighted by Gasteiger charge is 2.61. The quantitative estimate of drug-likeness (QED) is 0.731. The summed E-state index contributed by atoms with van der Waals surface area (Å²) < 4.78 is 11.7. The number of aliphatic hydroxyl groups is 1. The zero-order valence-electron chi connectivity index (χ0n) is 12.0. The van der Waals surface area contributed by atoms with Crippen LogP contribution in [0.2, 0.25) is 0 Å². The number of rotatable bonds is 1. The molecule has 1 aliphatic carbocycles. The number of aliphatic hydroxyl groups excluding tert-OH is 1. The fraction of sp³-hybridized carbons (Fsp3) is 1.00. The van der Waals surface area contributed by atoms with Gasteiger partial charge in [-0.3, -0.25) is 0 Å². The molecule has 0 aromatic carbocycles. The van der Waals surface area contributed by atoms with Gasteiger partial charge in [0.05, 0.1) is 23.4 Å². The van der Waals surface area contributed by atoms with Gasteiger partial charge in [-0.05, 0) is 51.4 Å². The lowest BCUT2D eigenvalue weighted by atomic mass is 9.78. The van der Waals surface area contributed by atoms with Crippen molar-refractivity contribution in [3.8, 4) is 0 Å². The third kappa shape index (κ3) is 2.00. The van der Waals surface area contributed by atoms with Gasteiger partial charge in [-0.25, -0.2) is 0 Å². The van der Waals surface area contributed by atoms with Gasteiger partial charge < -0.3 is 14.6 Å². The molecule has 0 aromatic rings. The minimum atomic E-state index is -0.311. The van der Waals surface area contributed by atoms with Crippen LogP contribution in [-0.2, 0) is 9.47 Å². The second kappa shape index (κ2) is 3.94. The topological polar surface area (TPSA) is 45.3 Å². The first-order chi connectivity index (χ1) is 8.36. The van der Waals surface area contributed by atoms with Crippen molar-refractivity contribution in [2.45, 2.75) is 82.9 Å². The molecule has 0 aromatic heterocycles. The minimum Gasteiger partial charge on any atom is -0.390 e. The summed E-state index contributed by atoms with van der Waals surface area (Å²) >= 11 is 0. The molecule has 0 bridgehead atoms. The van der Waals surface area contributed by atoms with Gasteiger partial charge in [-0.15, -0.1) is 0 Å². The van der Waals surface area contributed by atoms with E-state index in [-0.39, 0.29) is 23.4 Å². The summed E-state index contributed by atoms with van der Waals surface area (Å²) in [5.41, 5.74) is -0.0261. The SMILES string of the molecule is CC(C)[C@@H]1CC[C@@]2(C)O[C@H]2CC[C@@]2(C)O[C@@H]2[C@@H]1O. The summed E-state index contributed by atoms with van der Waals surface area (Å²) in [5.74, 6) is 0.824. The van der Waals surface area contributed by atoms with Crippen LogP contribution >= 0.6 is 0 Å². The average molecular weight is 254 g/mol. The van der Waals surface area contributed by atoms with Gasteiger partial charge in [-0.2, -0.15) is 0 Å². The number of hydrogen-bond acceptors (Lipinski definition) is 3. The van der Waals surface area contributed by atoms with Crippen molar-refractivity contribution < 1.29 is 14.6 Å². The summed E-state index contributed by atoms with van der Waals surface area (Å²) in [6.45, 7) is 8.76. The number of epoxide rings is 2. The van der Waals surface area contributed by atoms with E-state index in [9.17, 15) is 5.11 Å². The molecule has 18 heavy (non-hydrogen) atoms. The summed E-state index contributed by atoms with van der Waals surface area (Å²) in [6.07, 6.45) is 4.36. The predicted molar refractivity (Wildman–Crippen MR) is 69.4 cm³/mol. The molecule has 3 heteroatoms. The third-order valence-corrected chi connectivity index (χ3v) is 5.46. The first kappa shape index (κ1) is 12.9. The summed E-state index contributed by atoms with van der Waals surface area (Å²) in [5, 5.41) is 10.6. The van der Waals surface area contributed by atoms with E-state index in [0.29, 0.717) is 17.9 Å². The van der Waals surface area contributed by atoms with Crippen LogP contribution in [0.4, 0.5) is 0 Å². The summed E-state index contributed by atoms with van der Waals surface area (Å²) in [6, 6.07) is 0. The van der Waals surface area contributed by atoms with Crippen LogP contribution in [-0.4, -0.2) is 34.6 Å². The first-order valence-electron chi connectivity index (χ1n) is 7.39. The van der Waals surface area contributed by atoms with Gasteiger partial charge in [0.15, 0.2) is 0 Å². The molecule has 1 N–H and O–H groups in total. The van der Waals surface area contributed by atoms with Crippen molar-refractivity contribution in [3.63, 3.8) is 0 Å². The van der Waals surface area contributed by atoms with E-state index in [4.69, 9.17) is 9.47 Å². The second-order valence-corrected chi connectivity index (χ2v) is 7.25. The van der Waals surface area contributed by atoms with Crippen LogP contribution in [0.5, 0.6) is 0 Å². The van der Waals surface area contributed by atoms with Gasteiger partial charge in [-0.1, -0.05) is 13.8 Å². The predicted octanol–water partition coefficient (Wildman–Crippen LogP) is 2.51. The van der Waals surface area contributed by atoms with Crippen molar-refractivity contribution in [2.24, 2.45) is 11.8 Å². The summed E-state index contributed by atoms with van der Waals surface area (Å²) in [4.78, 5) is 0. The van der Waals surface area contributed by atoms with Gasteiger partial charge >= 0.3 is 0 Å². The summed E-state index contributed by atoms with van der Waals surface area (Å²) in [7, 11) is 0. The van der Waals surface area contributed by atoms with E-state index in [1.54, 1.807) is 0 Å². The molecule has 0 radical (unpaired) electrons. The fourth-order valence-corrected chi connectivity index (χ4v) is 3.76. The molecule has 0 spiro atoms. The zero-order valence-corrected chi connectivity index (χ0v) is 12.0. The number of hydrogen-bond donors (Lipinski definition) is 1. The van der Waals surface area contributed by atoms with E-state index in [0.717, 1.165) is 25.7 Å². The Morgan fingerprint density at radius 3 is 2.39 bits per heavy atom. The van der Waals surface area contributed by atoms with Crippen molar-refractivity contribution in [3.05, 3.63) is 0 Å². The average Bonchev–Trinajstić information content (AvgIpc) is 3.12. The first-order valence-corrected chi connectivity index (χ1v) is 7.39. The molecule has 0 unspecified atom stereocenters. The van der Waals surface area contributed by atoms with Crippen LogP contribution in [0.1, 0.15) is 53.4 Å². The molecule has 3 nitrogen and oxygen atoms in total. The molecule has 6 atom stereocenters. The number of fused-ring (bicyclic) bond motifs is 2. The van der Waals surface area contributed by atoms with Gasteiger partial charge in [0.1, 0.15) is 6.10 Å². The monoisotopic (exact) mass is 254 g/mol. The molecule has 0 amide bonds. The Kier molecular flexibility index (Phi) is 2.82. The van der Waals surface area contributed by atoms with Crippen LogP contribution in [0.25, 0.3) is 0 Å². The Morgan fingerprint density at radius 2 is 1.72 bits per heavy atom. The standard InChI is InChI=1S/C15H26O3/c1-9(2)10-5-7-14(3)11(17-14)6-8-15(4)13(18-15)12(10)16/h9-13,16H,5-8H2,1-4H3/t10-,11-,12+,13+,14+,15+/m0/s1. The molecule has 1 saturated carbocycles. The highest BCUT2D eigenvalue weighted by Crippen LogP contribution is 2.52. The normalized spacial score (nSPS) is 55.7. The molecule has 3 aliphatic rings. The van der Waals surface area contributed by atoms with Gasteiger partial charge in [0, 0.05) is 0 Å². The lowest BCUT2D eigenvalue weighted by Crippen LogP contribution is -2.35. The minimum absolute atomic E-state index is 0.0491. The van der Waals surface area contributed by atoms with Crippen molar-refractivity contribution >= 4 is 0 Å². The second-order valence-electron chi connectivity index (χ2n) is 7.25. The Bertz CT molecular complexity index is 343. The van der Waals surface area contributed by atoms with Gasteiger partial charge in [0.2, 0.25) is 0 Å². The maximum atomic E-state index is 10.6. The van der Waals surface area contributed by atoms with Crippen molar-refractivity contribution in [1.29, 1.82) is 0 Å². The molecule has 104 valence electrons. The third-order valence-electron chi connectivity index (χ3n) is 5.46. The lowest BCUT2D eigenvalue weighted by Gasteiger charge is -2.27. The molecule has 2 saturated heterocycles. The Hall–Kier alpha value is -0.120. The molecule has 3 fully saturated rings. The molecular formula is C15H26O3. The Morgan fingerprint density at radius 1 is 1.06 bits per heavy atom.